The van der Waals surface area contributed by atoms with Gasteiger partial charge in [0.1, 0.15) is 11.2 Å². The van der Waals surface area contributed by atoms with E-state index in [0.717, 1.165) is 32.1 Å². The topological polar surface area (TPSA) is 52.6 Å². The largest absolute Gasteiger partial charge is 0.459 e. The fraction of sp³-hybridized carbons (Fsp3) is 0.900. The Morgan fingerprint density at radius 2 is 1.67 bits per heavy atom. The molecule has 0 N–H and O–H groups in total. The lowest BCUT2D eigenvalue weighted by molar-refractivity contribution is -0.168. The van der Waals surface area contributed by atoms with E-state index in [4.69, 9.17) is 9.47 Å². The highest BCUT2D eigenvalue weighted by Crippen LogP contribution is 2.32. The molecule has 0 bridgehead atoms. The summed E-state index contributed by atoms with van der Waals surface area (Å²) in [5.74, 6) is -0.920. The molecule has 1 aliphatic rings. The quantitative estimate of drug-likeness (QED) is 0.581. The first-order valence-corrected chi connectivity index (χ1v) is 9.58. The highest BCUT2D eigenvalue weighted by atomic mass is 16.6. The third kappa shape index (κ3) is 6.45. The monoisotopic (exact) mass is 340 g/mol. The molecule has 0 spiro atoms. The number of esters is 2. The fourth-order valence-electron chi connectivity index (χ4n) is 3.13. The van der Waals surface area contributed by atoms with Gasteiger partial charge in [-0.3, -0.25) is 9.59 Å². The average molecular weight is 341 g/mol. The first-order valence-electron chi connectivity index (χ1n) is 9.58. The summed E-state index contributed by atoms with van der Waals surface area (Å²) in [6.45, 7) is 11.7. The van der Waals surface area contributed by atoms with Crippen molar-refractivity contribution >= 4 is 11.9 Å². The van der Waals surface area contributed by atoms with E-state index in [0.29, 0.717) is 12.8 Å². The van der Waals surface area contributed by atoms with E-state index in [1.54, 1.807) is 0 Å². The number of ether oxygens (including phenoxy) is 2. The molecule has 140 valence electrons. The van der Waals surface area contributed by atoms with Crippen LogP contribution in [0, 0.1) is 11.8 Å². The summed E-state index contributed by atoms with van der Waals surface area (Å²) in [5, 5.41) is 0. The Bertz CT molecular complexity index is 421. The Kier molecular flexibility index (Phi) is 7.75. The molecule has 0 amide bonds. The number of hydrogen-bond acceptors (Lipinski definition) is 4. The minimum absolute atomic E-state index is 0.180. The van der Waals surface area contributed by atoms with E-state index in [1.165, 1.54) is 6.42 Å². The third-order valence-electron chi connectivity index (χ3n) is 5.35. The normalized spacial score (nSPS) is 20.1. The van der Waals surface area contributed by atoms with Crippen molar-refractivity contribution < 1.29 is 19.1 Å². The highest BCUT2D eigenvalue weighted by molar-refractivity contribution is 5.76. The van der Waals surface area contributed by atoms with E-state index in [2.05, 4.69) is 0 Å². The summed E-state index contributed by atoms with van der Waals surface area (Å²) in [6, 6.07) is 0. The van der Waals surface area contributed by atoms with E-state index >= 15 is 0 Å². The molecule has 1 rings (SSSR count). The first kappa shape index (κ1) is 21.0. The molecule has 4 heteroatoms. The molecule has 1 saturated carbocycles. The summed E-state index contributed by atoms with van der Waals surface area (Å²) in [7, 11) is 0. The third-order valence-corrected chi connectivity index (χ3v) is 5.35. The minimum atomic E-state index is -0.455. The molecule has 0 aromatic heterocycles. The van der Waals surface area contributed by atoms with Crippen LogP contribution in [0.3, 0.4) is 0 Å². The van der Waals surface area contributed by atoms with Gasteiger partial charge in [-0.25, -0.2) is 0 Å². The Morgan fingerprint density at radius 3 is 2.17 bits per heavy atom. The summed E-state index contributed by atoms with van der Waals surface area (Å²) < 4.78 is 11.4. The van der Waals surface area contributed by atoms with E-state index in [1.807, 2.05) is 41.5 Å². The average Bonchev–Trinajstić information content (AvgIpc) is 2.51. The van der Waals surface area contributed by atoms with Gasteiger partial charge in [0.2, 0.25) is 0 Å². The molecule has 0 radical (unpaired) electrons. The SMILES string of the molecule is CCC(CC(C)C(=O)OC1(C)CCCCC1)C(=O)OC(C)(C)CC. The lowest BCUT2D eigenvalue weighted by atomic mass is 9.86. The van der Waals surface area contributed by atoms with Crippen molar-refractivity contribution in [1.29, 1.82) is 0 Å². The summed E-state index contributed by atoms with van der Waals surface area (Å²) in [6.07, 6.45) is 7.27. The predicted octanol–water partition coefficient (Wildman–Crippen LogP) is 5.04. The van der Waals surface area contributed by atoms with E-state index < -0.39 is 5.60 Å². The van der Waals surface area contributed by atoms with Crippen LogP contribution in [0.5, 0.6) is 0 Å². The summed E-state index contributed by atoms with van der Waals surface area (Å²) in [5.41, 5.74) is -0.778. The zero-order valence-corrected chi connectivity index (χ0v) is 16.4. The van der Waals surface area contributed by atoms with Crippen LogP contribution >= 0.6 is 0 Å². The molecule has 1 aliphatic carbocycles. The van der Waals surface area contributed by atoms with E-state index in [-0.39, 0.29) is 29.4 Å². The smallest absolute Gasteiger partial charge is 0.309 e. The maximum absolute atomic E-state index is 12.5. The second-order valence-corrected chi connectivity index (χ2v) is 8.21. The van der Waals surface area contributed by atoms with Crippen LogP contribution < -0.4 is 0 Å². The van der Waals surface area contributed by atoms with Gasteiger partial charge in [-0.15, -0.1) is 0 Å². The molecular weight excluding hydrogens is 304 g/mol. The van der Waals surface area contributed by atoms with Crippen LogP contribution in [0.1, 0.15) is 92.9 Å². The molecule has 24 heavy (non-hydrogen) atoms. The lowest BCUT2D eigenvalue weighted by Crippen LogP contribution is -2.37. The van der Waals surface area contributed by atoms with Crippen LogP contribution in [0.4, 0.5) is 0 Å². The van der Waals surface area contributed by atoms with Crippen LogP contribution in [-0.2, 0) is 19.1 Å². The molecule has 0 aliphatic heterocycles. The maximum Gasteiger partial charge on any atom is 0.309 e. The van der Waals surface area contributed by atoms with Crippen molar-refractivity contribution in [3.8, 4) is 0 Å². The van der Waals surface area contributed by atoms with Crippen LogP contribution in [0.15, 0.2) is 0 Å². The highest BCUT2D eigenvalue weighted by Gasteiger charge is 2.34. The second-order valence-electron chi connectivity index (χ2n) is 8.21. The van der Waals surface area contributed by atoms with Gasteiger partial charge in [0.15, 0.2) is 0 Å². The Hall–Kier alpha value is -1.06. The maximum atomic E-state index is 12.5. The molecule has 2 unspecified atom stereocenters. The number of carbonyl (C=O) groups excluding carboxylic acids is 2. The molecule has 0 saturated heterocycles. The number of hydrogen-bond donors (Lipinski definition) is 0. The Morgan fingerprint density at radius 1 is 1.08 bits per heavy atom. The molecular formula is C20H36O4. The van der Waals surface area contributed by atoms with E-state index in [9.17, 15) is 9.59 Å². The molecule has 0 aromatic carbocycles. The van der Waals surface area contributed by atoms with Gasteiger partial charge in [0, 0.05) is 0 Å². The minimum Gasteiger partial charge on any atom is -0.459 e. The zero-order chi connectivity index (χ0) is 18.4. The van der Waals surface area contributed by atoms with Gasteiger partial charge in [-0.2, -0.15) is 0 Å². The summed E-state index contributed by atoms with van der Waals surface area (Å²) >= 11 is 0. The standard InChI is InChI=1S/C20H36O4/c1-7-16(18(22)23-19(4,5)8-2)14-15(3)17(21)24-20(6)12-10-9-11-13-20/h15-16H,7-14H2,1-6H3. The van der Waals surface area contributed by atoms with Crippen molar-refractivity contribution in [3.63, 3.8) is 0 Å². The van der Waals surface area contributed by atoms with Gasteiger partial charge in [0.25, 0.3) is 0 Å². The molecule has 4 nitrogen and oxygen atoms in total. The molecule has 2 atom stereocenters. The van der Waals surface area contributed by atoms with Gasteiger partial charge >= 0.3 is 11.9 Å². The first-order chi connectivity index (χ1) is 11.1. The van der Waals surface area contributed by atoms with Crippen molar-refractivity contribution in [2.24, 2.45) is 11.8 Å². The van der Waals surface area contributed by atoms with Gasteiger partial charge in [-0.05, 0) is 65.7 Å². The fourth-order valence-corrected chi connectivity index (χ4v) is 3.13. The van der Waals surface area contributed by atoms with Crippen molar-refractivity contribution in [3.05, 3.63) is 0 Å². The van der Waals surface area contributed by atoms with Gasteiger partial charge in [-0.1, -0.05) is 27.2 Å². The van der Waals surface area contributed by atoms with Crippen LogP contribution in [0.25, 0.3) is 0 Å². The van der Waals surface area contributed by atoms with Gasteiger partial charge in [0.05, 0.1) is 11.8 Å². The molecule has 1 fully saturated rings. The number of carbonyl (C=O) groups is 2. The van der Waals surface area contributed by atoms with Crippen molar-refractivity contribution in [2.45, 2.75) is 104 Å². The summed E-state index contributed by atoms with van der Waals surface area (Å²) in [4.78, 5) is 24.8. The van der Waals surface area contributed by atoms with Crippen molar-refractivity contribution in [2.75, 3.05) is 0 Å². The predicted molar refractivity (Wildman–Crippen MR) is 95.6 cm³/mol. The molecule has 0 aromatic rings. The van der Waals surface area contributed by atoms with Gasteiger partial charge < -0.3 is 9.47 Å². The Labute approximate surface area is 147 Å². The number of rotatable bonds is 8. The second kappa shape index (κ2) is 8.87. The Balaban J connectivity index is 2.57. The lowest BCUT2D eigenvalue weighted by Gasteiger charge is -2.34. The molecule has 0 heterocycles. The zero-order valence-electron chi connectivity index (χ0n) is 16.4. The van der Waals surface area contributed by atoms with Crippen LogP contribution in [-0.4, -0.2) is 23.1 Å². The van der Waals surface area contributed by atoms with Crippen molar-refractivity contribution in [1.82, 2.24) is 0 Å². The van der Waals surface area contributed by atoms with Crippen LogP contribution in [0.2, 0.25) is 0 Å².